The number of benzene rings is 2. The van der Waals surface area contributed by atoms with Gasteiger partial charge < -0.3 is 10.2 Å². The molecule has 3 rings (SSSR count). The molecule has 1 aromatic heterocycles. The van der Waals surface area contributed by atoms with Crippen LogP contribution in [0, 0.1) is 12.7 Å². The first-order valence-corrected chi connectivity index (χ1v) is 8.84. The molecule has 0 saturated carbocycles. The molecule has 0 aliphatic rings. The van der Waals surface area contributed by atoms with Crippen LogP contribution in [-0.4, -0.2) is 15.9 Å². The molecule has 2 aromatic carbocycles. The Balaban J connectivity index is 1.88. The van der Waals surface area contributed by atoms with E-state index in [1.165, 1.54) is 6.07 Å². The fraction of sp³-hybridized carbons (Fsp3) is 0.182. The van der Waals surface area contributed by atoms with Crippen LogP contribution in [0.15, 0.2) is 72.8 Å². The first-order valence-electron chi connectivity index (χ1n) is 8.84. The average molecular weight is 363 g/mol. The maximum atomic E-state index is 14.0. The topological polar surface area (TPSA) is 45.2 Å². The van der Waals surface area contributed by atoms with E-state index in [1.807, 2.05) is 62.4 Å². The standard InChI is InChI=1S/C22H22FN3O/c1-16-9-8-12-19(24-16)15-26(17(2)18-10-4-3-5-11-18)22(27)25-21-14-7-6-13-20(21)23/h3-14,17H,15H2,1-2H3,(H,25,27). The predicted octanol–water partition coefficient (Wildman–Crippen LogP) is 5.32. The molecule has 4 nitrogen and oxygen atoms in total. The molecular weight excluding hydrogens is 341 g/mol. The third-order valence-electron chi connectivity index (χ3n) is 4.40. The van der Waals surface area contributed by atoms with Crippen molar-refractivity contribution >= 4 is 11.7 Å². The van der Waals surface area contributed by atoms with Crippen LogP contribution in [0.3, 0.4) is 0 Å². The number of anilines is 1. The molecule has 0 aliphatic carbocycles. The fourth-order valence-electron chi connectivity index (χ4n) is 2.91. The first-order chi connectivity index (χ1) is 13.0. The van der Waals surface area contributed by atoms with Crippen LogP contribution in [0.5, 0.6) is 0 Å². The Hall–Kier alpha value is -3.21. The number of carbonyl (C=O) groups is 1. The summed E-state index contributed by atoms with van der Waals surface area (Å²) in [6.07, 6.45) is 0. The molecule has 0 aliphatic heterocycles. The number of urea groups is 1. The number of amides is 2. The molecule has 0 bridgehead atoms. The highest BCUT2D eigenvalue weighted by Crippen LogP contribution is 2.24. The molecule has 0 saturated heterocycles. The van der Waals surface area contributed by atoms with Gasteiger partial charge in [0.15, 0.2) is 0 Å². The van der Waals surface area contributed by atoms with Gasteiger partial charge in [-0.1, -0.05) is 48.5 Å². The van der Waals surface area contributed by atoms with Crippen molar-refractivity contribution in [2.24, 2.45) is 0 Å². The monoisotopic (exact) mass is 363 g/mol. The highest BCUT2D eigenvalue weighted by atomic mass is 19.1. The molecule has 0 fully saturated rings. The number of aromatic nitrogens is 1. The van der Waals surface area contributed by atoms with Gasteiger partial charge in [-0.15, -0.1) is 0 Å². The van der Waals surface area contributed by atoms with Crippen molar-refractivity contribution in [2.45, 2.75) is 26.4 Å². The third-order valence-corrected chi connectivity index (χ3v) is 4.40. The van der Waals surface area contributed by atoms with Crippen LogP contribution in [0.1, 0.15) is 29.9 Å². The zero-order valence-corrected chi connectivity index (χ0v) is 15.4. The second kappa shape index (κ2) is 8.45. The van der Waals surface area contributed by atoms with E-state index in [-0.39, 0.29) is 17.8 Å². The Labute approximate surface area is 158 Å². The Morgan fingerprint density at radius 3 is 2.44 bits per heavy atom. The summed E-state index contributed by atoms with van der Waals surface area (Å²) in [6, 6.07) is 21.0. The third kappa shape index (κ3) is 4.70. The van der Waals surface area contributed by atoms with Gasteiger partial charge >= 0.3 is 6.03 Å². The van der Waals surface area contributed by atoms with Crippen LogP contribution in [0.25, 0.3) is 0 Å². The normalized spacial score (nSPS) is 11.7. The first kappa shape index (κ1) is 18.6. The summed E-state index contributed by atoms with van der Waals surface area (Å²) in [7, 11) is 0. The zero-order valence-electron chi connectivity index (χ0n) is 15.4. The van der Waals surface area contributed by atoms with E-state index in [2.05, 4.69) is 10.3 Å². The van der Waals surface area contributed by atoms with Crippen molar-refractivity contribution in [1.82, 2.24) is 9.88 Å². The summed E-state index contributed by atoms with van der Waals surface area (Å²) in [4.78, 5) is 19.1. The van der Waals surface area contributed by atoms with Crippen LogP contribution < -0.4 is 5.32 Å². The van der Waals surface area contributed by atoms with Crippen molar-refractivity contribution in [2.75, 3.05) is 5.32 Å². The Morgan fingerprint density at radius 2 is 1.74 bits per heavy atom. The van der Waals surface area contributed by atoms with Crippen LogP contribution in [0.2, 0.25) is 0 Å². The van der Waals surface area contributed by atoms with Crippen molar-refractivity contribution < 1.29 is 9.18 Å². The van der Waals surface area contributed by atoms with Gasteiger partial charge in [-0.2, -0.15) is 0 Å². The minimum absolute atomic E-state index is 0.157. The zero-order chi connectivity index (χ0) is 19.2. The Morgan fingerprint density at radius 1 is 1.04 bits per heavy atom. The van der Waals surface area contributed by atoms with Gasteiger partial charge in [0.05, 0.1) is 24.0 Å². The average Bonchev–Trinajstić information content (AvgIpc) is 2.68. The largest absolute Gasteiger partial charge is 0.322 e. The molecule has 3 aromatic rings. The number of hydrogen-bond donors (Lipinski definition) is 1. The molecular formula is C22H22FN3O. The van der Waals surface area contributed by atoms with E-state index in [9.17, 15) is 9.18 Å². The summed E-state index contributed by atoms with van der Waals surface area (Å²) >= 11 is 0. The maximum Gasteiger partial charge on any atom is 0.322 e. The summed E-state index contributed by atoms with van der Waals surface area (Å²) in [5.41, 5.74) is 2.81. The molecule has 138 valence electrons. The van der Waals surface area contributed by atoms with Crippen LogP contribution in [-0.2, 0) is 6.54 Å². The molecule has 1 atom stereocenters. The van der Waals surface area contributed by atoms with E-state index >= 15 is 0 Å². The fourth-order valence-corrected chi connectivity index (χ4v) is 2.91. The minimum atomic E-state index is -0.466. The molecule has 27 heavy (non-hydrogen) atoms. The lowest BCUT2D eigenvalue weighted by atomic mass is 10.1. The summed E-state index contributed by atoms with van der Waals surface area (Å²) < 4.78 is 14.0. The van der Waals surface area contributed by atoms with E-state index in [1.54, 1.807) is 23.1 Å². The van der Waals surface area contributed by atoms with Gasteiger partial charge in [0.1, 0.15) is 5.82 Å². The van der Waals surface area contributed by atoms with Gasteiger partial charge in [-0.05, 0) is 43.7 Å². The second-order valence-corrected chi connectivity index (χ2v) is 6.39. The summed E-state index contributed by atoms with van der Waals surface area (Å²) in [6.45, 7) is 4.18. The quantitative estimate of drug-likeness (QED) is 0.666. The number of nitrogens with zero attached hydrogens (tertiary/aromatic N) is 2. The SMILES string of the molecule is Cc1cccc(CN(C(=O)Nc2ccccc2F)C(C)c2ccccc2)n1. The van der Waals surface area contributed by atoms with Crippen molar-refractivity contribution in [1.29, 1.82) is 0 Å². The van der Waals surface area contributed by atoms with Crippen LogP contribution in [0.4, 0.5) is 14.9 Å². The predicted molar refractivity (Wildman–Crippen MR) is 105 cm³/mol. The second-order valence-electron chi connectivity index (χ2n) is 6.39. The Kier molecular flexibility index (Phi) is 5.81. The lowest BCUT2D eigenvalue weighted by Crippen LogP contribution is -2.37. The number of halogens is 1. The summed E-state index contributed by atoms with van der Waals surface area (Å²) in [5, 5.41) is 2.68. The van der Waals surface area contributed by atoms with Gasteiger partial charge in [-0.3, -0.25) is 4.98 Å². The van der Waals surface area contributed by atoms with E-state index in [0.717, 1.165) is 17.0 Å². The summed E-state index contributed by atoms with van der Waals surface area (Å²) in [5.74, 6) is -0.466. The van der Waals surface area contributed by atoms with Crippen molar-refractivity contribution in [3.63, 3.8) is 0 Å². The number of rotatable bonds is 5. The highest BCUT2D eigenvalue weighted by molar-refractivity contribution is 5.89. The molecule has 2 amide bonds. The number of nitrogens with one attached hydrogen (secondary N) is 1. The minimum Gasteiger partial charge on any atom is -0.312 e. The molecule has 0 radical (unpaired) electrons. The van der Waals surface area contributed by atoms with Crippen LogP contribution >= 0.6 is 0 Å². The lowest BCUT2D eigenvalue weighted by Gasteiger charge is -2.29. The van der Waals surface area contributed by atoms with E-state index < -0.39 is 5.82 Å². The Bertz CT molecular complexity index is 914. The van der Waals surface area contributed by atoms with Gasteiger partial charge in [0.2, 0.25) is 0 Å². The molecule has 0 spiro atoms. The molecule has 1 unspecified atom stereocenters. The molecule has 5 heteroatoms. The smallest absolute Gasteiger partial charge is 0.312 e. The maximum absolute atomic E-state index is 14.0. The number of aryl methyl sites for hydroxylation is 1. The van der Waals surface area contributed by atoms with Gasteiger partial charge in [0, 0.05) is 5.69 Å². The number of hydrogen-bond acceptors (Lipinski definition) is 2. The van der Waals surface area contributed by atoms with Crippen molar-refractivity contribution in [3.8, 4) is 0 Å². The number of carbonyl (C=O) groups excluding carboxylic acids is 1. The highest BCUT2D eigenvalue weighted by Gasteiger charge is 2.23. The molecule has 1 heterocycles. The number of para-hydroxylation sites is 1. The van der Waals surface area contributed by atoms with Gasteiger partial charge in [0.25, 0.3) is 0 Å². The van der Waals surface area contributed by atoms with Crippen molar-refractivity contribution in [3.05, 3.63) is 95.6 Å². The van der Waals surface area contributed by atoms with Gasteiger partial charge in [-0.25, -0.2) is 9.18 Å². The van der Waals surface area contributed by atoms with E-state index in [0.29, 0.717) is 6.54 Å². The van der Waals surface area contributed by atoms with E-state index in [4.69, 9.17) is 0 Å². The number of pyridine rings is 1. The lowest BCUT2D eigenvalue weighted by molar-refractivity contribution is 0.188. The molecule has 1 N–H and O–H groups in total.